The van der Waals surface area contributed by atoms with Gasteiger partial charge in [0.1, 0.15) is 0 Å². The van der Waals surface area contributed by atoms with Crippen LogP contribution in [0.2, 0.25) is 0 Å². The molecule has 114 valence electrons. The van der Waals surface area contributed by atoms with E-state index in [0.717, 1.165) is 17.8 Å². The second-order valence-corrected chi connectivity index (χ2v) is 7.24. The number of allylic oxidation sites excluding steroid dienone is 1. The Morgan fingerprint density at radius 2 is 1.29 bits per heavy atom. The molecule has 0 spiro atoms. The monoisotopic (exact) mass is 282 g/mol. The van der Waals surface area contributed by atoms with Crippen LogP contribution in [0.4, 0.5) is 0 Å². The first-order valence-electron chi connectivity index (χ1n) is 9.07. The summed E-state index contributed by atoms with van der Waals surface area (Å²) < 4.78 is 0. The van der Waals surface area contributed by atoms with E-state index >= 15 is 0 Å². The van der Waals surface area contributed by atoms with Gasteiger partial charge in [-0.2, -0.15) is 0 Å². The number of hydrogen-bond acceptors (Lipinski definition) is 0. The van der Waals surface area contributed by atoms with Crippen molar-refractivity contribution in [2.24, 2.45) is 5.92 Å². The highest BCUT2D eigenvalue weighted by Crippen LogP contribution is 2.38. The topological polar surface area (TPSA) is 0 Å². The summed E-state index contributed by atoms with van der Waals surface area (Å²) in [4.78, 5) is 0. The summed E-state index contributed by atoms with van der Waals surface area (Å²) in [7, 11) is 0. The minimum atomic E-state index is 0.812. The van der Waals surface area contributed by atoms with Crippen molar-refractivity contribution in [1.82, 2.24) is 0 Å². The van der Waals surface area contributed by atoms with Gasteiger partial charge in [0.25, 0.3) is 0 Å². The first-order chi connectivity index (χ1) is 10.4. The van der Waals surface area contributed by atoms with Crippen LogP contribution in [0.5, 0.6) is 0 Å². The van der Waals surface area contributed by atoms with Gasteiger partial charge in [0.15, 0.2) is 0 Å². The summed E-state index contributed by atoms with van der Waals surface area (Å²) in [6, 6.07) is 9.73. The molecule has 0 saturated heterocycles. The molecule has 0 N–H and O–H groups in total. The van der Waals surface area contributed by atoms with Gasteiger partial charge >= 0.3 is 0 Å². The Kier molecular flexibility index (Phi) is 5.17. The van der Waals surface area contributed by atoms with E-state index in [2.05, 4.69) is 36.9 Å². The zero-order valence-electron chi connectivity index (χ0n) is 13.4. The smallest absolute Gasteiger partial charge is 0.0162 e. The highest BCUT2D eigenvalue weighted by atomic mass is 14.3. The molecule has 0 heterocycles. The lowest BCUT2D eigenvalue weighted by atomic mass is 9.77. The third-order valence-corrected chi connectivity index (χ3v) is 5.83. The van der Waals surface area contributed by atoms with Crippen LogP contribution in [-0.4, -0.2) is 0 Å². The third-order valence-electron chi connectivity index (χ3n) is 5.83. The van der Waals surface area contributed by atoms with E-state index in [0.29, 0.717) is 0 Å². The second-order valence-electron chi connectivity index (χ2n) is 7.24. The Bertz CT molecular complexity index is 428. The third kappa shape index (κ3) is 3.78. The Morgan fingerprint density at radius 3 is 1.81 bits per heavy atom. The molecule has 0 heteroatoms. The van der Waals surface area contributed by atoms with E-state index in [9.17, 15) is 0 Å². The first-order valence-corrected chi connectivity index (χ1v) is 9.07. The predicted octanol–water partition coefficient (Wildman–Crippen LogP) is 6.58. The summed E-state index contributed by atoms with van der Waals surface area (Å²) in [5, 5.41) is 0. The Balaban J connectivity index is 1.58. The Morgan fingerprint density at radius 1 is 0.762 bits per heavy atom. The Hall–Kier alpha value is -1.04. The summed E-state index contributed by atoms with van der Waals surface area (Å²) in [5.74, 6) is 2.56. The standard InChI is InChI=1S/C21H30/c1-2-6-17-9-11-19(12-10-17)21-15-13-20(14-16-21)18-7-4-3-5-8-18/h2,13-19H,1,3-12H2. The average Bonchev–Trinajstić information content (AvgIpc) is 2.57. The molecule has 0 aromatic heterocycles. The van der Waals surface area contributed by atoms with Crippen LogP contribution >= 0.6 is 0 Å². The molecule has 0 amide bonds. The van der Waals surface area contributed by atoms with Crippen molar-refractivity contribution < 1.29 is 0 Å². The number of benzene rings is 1. The van der Waals surface area contributed by atoms with Gasteiger partial charge in [-0.15, -0.1) is 6.58 Å². The zero-order valence-corrected chi connectivity index (χ0v) is 13.4. The van der Waals surface area contributed by atoms with Crippen LogP contribution in [0.3, 0.4) is 0 Å². The zero-order chi connectivity index (χ0) is 14.5. The molecule has 0 unspecified atom stereocenters. The number of hydrogen-bond donors (Lipinski definition) is 0. The maximum atomic E-state index is 3.89. The van der Waals surface area contributed by atoms with E-state index in [1.807, 2.05) is 0 Å². The highest BCUT2D eigenvalue weighted by Gasteiger charge is 2.22. The van der Waals surface area contributed by atoms with Gasteiger partial charge in [-0.1, -0.05) is 49.6 Å². The molecule has 0 nitrogen and oxygen atoms in total. The van der Waals surface area contributed by atoms with Crippen molar-refractivity contribution in [2.45, 2.75) is 76.0 Å². The summed E-state index contributed by atoms with van der Waals surface area (Å²) in [6.07, 6.45) is 16.0. The maximum absolute atomic E-state index is 3.89. The first kappa shape index (κ1) is 14.9. The van der Waals surface area contributed by atoms with Gasteiger partial charge in [0.2, 0.25) is 0 Å². The fourth-order valence-electron chi connectivity index (χ4n) is 4.44. The van der Waals surface area contributed by atoms with Crippen LogP contribution in [0.1, 0.15) is 87.2 Å². The van der Waals surface area contributed by atoms with Crippen LogP contribution < -0.4 is 0 Å². The van der Waals surface area contributed by atoms with Crippen molar-refractivity contribution in [2.75, 3.05) is 0 Å². The van der Waals surface area contributed by atoms with Gasteiger partial charge in [0, 0.05) is 0 Å². The lowest BCUT2D eigenvalue weighted by Crippen LogP contribution is -2.13. The van der Waals surface area contributed by atoms with Crippen molar-refractivity contribution >= 4 is 0 Å². The molecule has 0 atom stereocenters. The summed E-state index contributed by atoms with van der Waals surface area (Å²) in [5.41, 5.74) is 3.19. The molecule has 0 bridgehead atoms. The predicted molar refractivity (Wildman–Crippen MR) is 91.8 cm³/mol. The molecule has 2 fully saturated rings. The highest BCUT2D eigenvalue weighted by molar-refractivity contribution is 5.28. The number of rotatable bonds is 4. The largest absolute Gasteiger partial charge is 0.103 e. The molecule has 1 aromatic carbocycles. The van der Waals surface area contributed by atoms with Gasteiger partial charge in [0.05, 0.1) is 0 Å². The molecule has 1 aromatic rings. The van der Waals surface area contributed by atoms with E-state index in [-0.39, 0.29) is 0 Å². The summed E-state index contributed by atoms with van der Waals surface area (Å²) >= 11 is 0. The van der Waals surface area contributed by atoms with Crippen molar-refractivity contribution in [1.29, 1.82) is 0 Å². The second kappa shape index (κ2) is 7.29. The fraction of sp³-hybridized carbons (Fsp3) is 0.619. The molecule has 2 aliphatic rings. The van der Waals surface area contributed by atoms with Gasteiger partial charge < -0.3 is 0 Å². The van der Waals surface area contributed by atoms with E-state index in [4.69, 9.17) is 0 Å². The van der Waals surface area contributed by atoms with Gasteiger partial charge in [-0.25, -0.2) is 0 Å². The molecule has 21 heavy (non-hydrogen) atoms. The average molecular weight is 282 g/mol. The van der Waals surface area contributed by atoms with Crippen molar-refractivity contribution in [3.05, 3.63) is 48.0 Å². The van der Waals surface area contributed by atoms with Crippen molar-refractivity contribution in [3.8, 4) is 0 Å². The van der Waals surface area contributed by atoms with Crippen LogP contribution in [0.15, 0.2) is 36.9 Å². The molecule has 2 aliphatic carbocycles. The lowest BCUT2D eigenvalue weighted by Gasteiger charge is -2.28. The molecule has 2 saturated carbocycles. The minimum absolute atomic E-state index is 0.812. The normalized spacial score (nSPS) is 27.4. The lowest BCUT2D eigenvalue weighted by molar-refractivity contribution is 0.328. The van der Waals surface area contributed by atoms with Gasteiger partial charge in [-0.3, -0.25) is 0 Å². The quantitative estimate of drug-likeness (QED) is 0.547. The summed E-state index contributed by atoms with van der Waals surface area (Å²) in [6.45, 7) is 3.89. The maximum Gasteiger partial charge on any atom is -0.0162 e. The van der Waals surface area contributed by atoms with Crippen LogP contribution in [-0.2, 0) is 0 Å². The van der Waals surface area contributed by atoms with E-state index in [1.165, 1.54) is 64.2 Å². The van der Waals surface area contributed by atoms with Crippen molar-refractivity contribution in [3.63, 3.8) is 0 Å². The molecular formula is C21H30. The van der Waals surface area contributed by atoms with E-state index in [1.54, 1.807) is 11.1 Å². The molecule has 0 radical (unpaired) electrons. The fourth-order valence-corrected chi connectivity index (χ4v) is 4.44. The minimum Gasteiger partial charge on any atom is -0.103 e. The van der Waals surface area contributed by atoms with Crippen LogP contribution in [0, 0.1) is 5.92 Å². The Labute approximate surface area is 130 Å². The van der Waals surface area contributed by atoms with Crippen LogP contribution in [0.25, 0.3) is 0 Å². The van der Waals surface area contributed by atoms with Gasteiger partial charge in [-0.05, 0) is 73.8 Å². The van der Waals surface area contributed by atoms with E-state index < -0.39 is 0 Å². The molecule has 3 rings (SSSR count). The molecular weight excluding hydrogens is 252 g/mol. The SMILES string of the molecule is C=CCC1CCC(c2ccc(C3CCCCC3)cc2)CC1. The molecule has 0 aliphatic heterocycles.